The molecule has 1 saturated carbocycles. The van der Waals surface area contributed by atoms with E-state index in [1.165, 1.54) is 12.8 Å². The molecule has 1 aliphatic carbocycles. The van der Waals surface area contributed by atoms with Gasteiger partial charge in [0.1, 0.15) is 0 Å². The van der Waals surface area contributed by atoms with Crippen LogP contribution in [-0.2, 0) is 4.79 Å². The molecule has 0 bridgehead atoms. The van der Waals surface area contributed by atoms with Crippen molar-refractivity contribution in [3.63, 3.8) is 0 Å². The monoisotopic (exact) mass is 346 g/mol. The molecule has 0 heterocycles. The summed E-state index contributed by atoms with van der Waals surface area (Å²) in [7, 11) is 0. The Morgan fingerprint density at radius 3 is 2.84 bits per heavy atom. The maximum absolute atomic E-state index is 11.7. The minimum atomic E-state index is 0. The van der Waals surface area contributed by atoms with Crippen LogP contribution in [0.25, 0.3) is 0 Å². The molecule has 5 heteroatoms. The van der Waals surface area contributed by atoms with Gasteiger partial charge in [0, 0.05) is 4.47 Å². The molecule has 0 aliphatic heterocycles. The van der Waals surface area contributed by atoms with Crippen molar-refractivity contribution in [1.82, 2.24) is 10.6 Å². The van der Waals surface area contributed by atoms with E-state index in [2.05, 4.69) is 26.6 Å². The van der Waals surface area contributed by atoms with E-state index >= 15 is 0 Å². The van der Waals surface area contributed by atoms with E-state index < -0.39 is 0 Å². The molecule has 0 radical (unpaired) electrons. The summed E-state index contributed by atoms with van der Waals surface area (Å²) >= 11 is 3.44. The number of halogens is 2. The van der Waals surface area contributed by atoms with E-state index in [9.17, 15) is 4.79 Å². The van der Waals surface area contributed by atoms with Crippen molar-refractivity contribution in [2.75, 3.05) is 13.1 Å². The Balaban J connectivity index is 0.00000180. The van der Waals surface area contributed by atoms with E-state index in [0.29, 0.717) is 6.54 Å². The van der Waals surface area contributed by atoms with Gasteiger partial charge in [0.25, 0.3) is 0 Å². The van der Waals surface area contributed by atoms with Gasteiger partial charge in [-0.3, -0.25) is 4.79 Å². The van der Waals surface area contributed by atoms with Crippen LogP contribution >= 0.6 is 28.3 Å². The number of hydrogen-bond donors (Lipinski definition) is 2. The number of benzene rings is 1. The summed E-state index contributed by atoms with van der Waals surface area (Å²) in [6, 6.07) is 8.05. The topological polar surface area (TPSA) is 41.1 Å². The average Bonchev–Trinajstić information content (AvgIpc) is 3.13. The number of nitrogens with one attached hydrogen (secondary N) is 2. The highest BCUT2D eigenvalue weighted by molar-refractivity contribution is 9.10. The Morgan fingerprint density at radius 2 is 2.21 bits per heavy atom. The van der Waals surface area contributed by atoms with E-state index in [1.54, 1.807) is 0 Å². The second-order valence-corrected chi connectivity index (χ2v) is 5.83. The van der Waals surface area contributed by atoms with E-state index in [-0.39, 0.29) is 24.4 Å². The summed E-state index contributed by atoms with van der Waals surface area (Å²) in [5, 5.41) is 6.19. The van der Waals surface area contributed by atoms with Gasteiger partial charge in [-0.05, 0) is 49.9 Å². The lowest BCUT2D eigenvalue weighted by atomic mass is 10.1. The normalized spacial score (nSPS) is 15.5. The Labute approximate surface area is 129 Å². The number of hydrogen-bond acceptors (Lipinski definition) is 2. The summed E-state index contributed by atoms with van der Waals surface area (Å²) in [6.07, 6.45) is 2.62. The van der Waals surface area contributed by atoms with Crippen molar-refractivity contribution >= 4 is 34.2 Å². The van der Waals surface area contributed by atoms with Gasteiger partial charge in [-0.15, -0.1) is 12.4 Å². The molecule has 1 unspecified atom stereocenters. The number of rotatable bonds is 6. The smallest absolute Gasteiger partial charge is 0.234 e. The molecule has 106 valence electrons. The van der Waals surface area contributed by atoms with Crippen LogP contribution in [0.1, 0.15) is 31.4 Å². The average molecular weight is 348 g/mol. The van der Waals surface area contributed by atoms with Gasteiger partial charge in [0.15, 0.2) is 0 Å². The van der Waals surface area contributed by atoms with E-state index in [0.717, 1.165) is 22.5 Å². The van der Waals surface area contributed by atoms with Gasteiger partial charge in [0.2, 0.25) is 5.91 Å². The van der Waals surface area contributed by atoms with Gasteiger partial charge in [-0.25, -0.2) is 0 Å². The molecule has 1 atom stereocenters. The lowest BCUT2D eigenvalue weighted by Crippen LogP contribution is -2.36. The maximum Gasteiger partial charge on any atom is 0.234 e. The first-order valence-electron chi connectivity index (χ1n) is 6.40. The highest BCUT2D eigenvalue weighted by Gasteiger charge is 2.20. The van der Waals surface area contributed by atoms with Crippen molar-refractivity contribution in [2.24, 2.45) is 5.92 Å². The SMILES string of the molecule is CC(NC(=O)CNCC1CC1)c1cccc(Br)c1.Cl. The summed E-state index contributed by atoms with van der Waals surface area (Å²) in [5.74, 6) is 0.864. The zero-order valence-electron chi connectivity index (χ0n) is 11.0. The zero-order valence-corrected chi connectivity index (χ0v) is 13.4. The molecular formula is C14H20BrClN2O. The first kappa shape index (κ1) is 16.5. The Morgan fingerprint density at radius 1 is 1.47 bits per heavy atom. The van der Waals surface area contributed by atoms with Crippen LogP contribution in [0, 0.1) is 5.92 Å². The molecule has 2 rings (SSSR count). The van der Waals surface area contributed by atoms with Crippen molar-refractivity contribution in [3.05, 3.63) is 34.3 Å². The maximum atomic E-state index is 11.7. The van der Waals surface area contributed by atoms with Crippen LogP contribution in [0.15, 0.2) is 28.7 Å². The molecule has 0 spiro atoms. The standard InChI is InChI=1S/C14H19BrN2O.ClH/c1-10(12-3-2-4-13(15)7-12)17-14(18)9-16-8-11-5-6-11;/h2-4,7,10-11,16H,5-6,8-9H2,1H3,(H,17,18);1H. The molecule has 19 heavy (non-hydrogen) atoms. The predicted octanol–water partition coefficient (Wildman–Crippen LogP) is 3.05. The van der Waals surface area contributed by atoms with Gasteiger partial charge in [0.05, 0.1) is 12.6 Å². The molecule has 1 amide bonds. The molecule has 3 nitrogen and oxygen atoms in total. The van der Waals surface area contributed by atoms with Gasteiger partial charge >= 0.3 is 0 Å². The molecule has 0 saturated heterocycles. The highest BCUT2D eigenvalue weighted by Crippen LogP contribution is 2.27. The number of amides is 1. The quantitative estimate of drug-likeness (QED) is 0.830. The molecule has 0 aromatic heterocycles. The van der Waals surface area contributed by atoms with Gasteiger partial charge < -0.3 is 10.6 Å². The predicted molar refractivity (Wildman–Crippen MR) is 83.5 cm³/mol. The van der Waals surface area contributed by atoms with Gasteiger partial charge in [-0.2, -0.15) is 0 Å². The third-order valence-corrected chi connectivity index (χ3v) is 3.63. The summed E-state index contributed by atoms with van der Waals surface area (Å²) in [4.78, 5) is 11.7. The molecule has 1 aromatic rings. The molecule has 1 fully saturated rings. The van der Waals surface area contributed by atoms with E-state index in [4.69, 9.17) is 0 Å². The van der Waals surface area contributed by atoms with Crippen LogP contribution in [0.4, 0.5) is 0 Å². The fourth-order valence-corrected chi connectivity index (χ4v) is 2.28. The number of carbonyl (C=O) groups is 1. The lowest BCUT2D eigenvalue weighted by Gasteiger charge is -2.15. The third-order valence-electron chi connectivity index (χ3n) is 3.14. The number of carbonyl (C=O) groups excluding carboxylic acids is 1. The highest BCUT2D eigenvalue weighted by atomic mass is 79.9. The molecule has 2 N–H and O–H groups in total. The summed E-state index contributed by atoms with van der Waals surface area (Å²) in [5.41, 5.74) is 1.11. The van der Waals surface area contributed by atoms with E-state index in [1.807, 2.05) is 31.2 Å². The van der Waals surface area contributed by atoms with Crippen LogP contribution in [-0.4, -0.2) is 19.0 Å². The van der Waals surface area contributed by atoms with Gasteiger partial charge in [-0.1, -0.05) is 28.1 Å². The lowest BCUT2D eigenvalue weighted by molar-refractivity contribution is -0.120. The van der Waals surface area contributed by atoms with Crippen molar-refractivity contribution in [3.8, 4) is 0 Å². The Hall–Kier alpha value is -0.580. The van der Waals surface area contributed by atoms with Crippen LogP contribution < -0.4 is 10.6 Å². The van der Waals surface area contributed by atoms with Crippen molar-refractivity contribution in [2.45, 2.75) is 25.8 Å². The fraction of sp³-hybridized carbons (Fsp3) is 0.500. The van der Waals surface area contributed by atoms with Crippen molar-refractivity contribution in [1.29, 1.82) is 0 Å². The summed E-state index contributed by atoms with van der Waals surface area (Å²) in [6.45, 7) is 3.38. The second-order valence-electron chi connectivity index (χ2n) is 4.92. The minimum Gasteiger partial charge on any atom is -0.348 e. The zero-order chi connectivity index (χ0) is 13.0. The Kier molecular flexibility index (Phi) is 6.83. The first-order valence-corrected chi connectivity index (χ1v) is 7.20. The van der Waals surface area contributed by atoms with Crippen LogP contribution in [0.3, 0.4) is 0 Å². The Bertz CT molecular complexity index is 424. The first-order chi connectivity index (χ1) is 8.65. The second kappa shape index (κ2) is 7.88. The van der Waals surface area contributed by atoms with Crippen molar-refractivity contribution < 1.29 is 4.79 Å². The van der Waals surface area contributed by atoms with Crippen LogP contribution in [0.5, 0.6) is 0 Å². The molecule has 1 aliphatic rings. The molecular weight excluding hydrogens is 328 g/mol. The molecule has 1 aromatic carbocycles. The van der Waals surface area contributed by atoms with Crippen LogP contribution in [0.2, 0.25) is 0 Å². The fourth-order valence-electron chi connectivity index (χ4n) is 1.86. The summed E-state index contributed by atoms with van der Waals surface area (Å²) < 4.78 is 1.04. The largest absolute Gasteiger partial charge is 0.348 e. The minimum absolute atomic E-state index is 0. The third kappa shape index (κ3) is 5.93.